The quantitative estimate of drug-likeness (QED) is 0.866. The van der Waals surface area contributed by atoms with Crippen LogP contribution in [0.5, 0.6) is 0 Å². The van der Waals surface area contributed by atoms with Crippen LogP contribution in [0.25, 0.3) is 10.9 Å². The molecule has 88 valence electrons. The van der Waals surface area contributed by atoms with Gasteiger partial charge in [0.25, 0.3) is 5.56 Å². The molecule has 0 atom stereocenters. The first-order valence-corrected chi connectivity index (χ1v) is 5.91. The molecule has 4 nitrogen and oxygen atoms in total. The lowest BCUT2D eigenvalue weighted by Crippen LogP contribution is -2.19. The Bertz CT molecular complexity index is 633. The van der Waals surface area contributed by atoms with Crippen molar-refractivity contribution < 1.29 is 9.53 Å². The van der Waals surface area contributed by atoms with Crippen molar-refractivity contribution in [2.24, 2.45) is 0 Å². The number of ether oxygens (including phenoxy) is 1. The third kappa shape index (κ3) is 2.39. The molecule has 5 heteroatoms. The van der Waals surface area contributed by atoms with Gasteiger partial charge in [-0.2, -0.15) is 0 Å². The van der Waals surface area contributed by atoms with Crippen molar-refractivity contribution in [3.05, 3.63) is 44.7 Å². The van der Waals surface area contributed by atoms with Crippen molar-refractivity contribution in [2.45, 2.75) is 6.92 Å². The van der Waals surface area contributed by atoms with Crippen molar-refractivity contribution in [1.29, 1.82) is 0 Å². The number of hydrogen-bond acceptors (Lipinski definition) is 3. The summed E-state index contributed by atoms with van der Waals surface area (Å²) >= 11 is 3.34. The number of nitrogens with one attached hydrogen (secondary N) is 1. The van der Waals surface area contributed by atoms with Gasteiger partial charge >= 0.3 is 5.97 Å². The highest BCUT2D eigenvalue weighted by Gasteiger charge is 2.12. The summed E-state index contributed by atoms with van der Waals surface area (Å²) < 4.78 is 5.70. The maximum Gasteiger partial charge on any atom is 0.343 e. The first-order valence-electron chi connectivity index (χ1n) is 5.11. The van der Waals surface area contributed by atoms with Crippen LogP contribution in [0, 0.1) is 0 Å². The van der Waals surface area contributed by atoms with E-state index < -0.39 is 11.5 Å². The molecule has 0 aliphatic carbocycles. The van der Waals surface area contributed by atoms with Crippen LogP contribution in [0.3, 0.4) is 0 Å². The van der Waals surface area contributed by atoms with Crippen LogP contribution >= 0.6 is 15.9 Å². The van der Waals surface area contributed by atoms with E-state index in [9.17, 15) is 9.59 Å². The number of aromatic amines is 1. The van der Waals surface area contributed by atoms with E-state index in [1.54, 1.807) is 13.0 Å². The van der Waals surface area contributed by atoms with E-state index >= 15 is 0 Å². The number of benzene rings is 1. The Kier molecular flexibility index (Phi) is 3.28. The van der Waals surface area contributed by atoms with Crippen molar-refractivity contribution in [3.8, 4) is 0 Å². The van der Waals surface area contributed by atoms with E-state index in [0.717, 1.165) is 9.86 Å². The molecule has 2 rings (SSSR count). The zero-order valence-electron chi connectivity index (χ0n) is 9.12. The SMILES string of the molecule is CCOC(=O)c1cc2cc(Br)ccc2[nH]c1=O. The molecule has 0 spiro atoms. The summed E-state index contributed by atoms with van der Waals surface area (Å²) in [4.78, 5) is 25.9. The van der Waals surface area contributed by atoms with Gasteiger partial charge in [-0.15, -0.1) is 0 Å². The van der Waals surface area contributed by atoms with Crippen LogP contribution in [0.2, 0.25) is 0 Å². The fourth-order valence-electron chi connectivity index (χ4n) is 1.54. The highest BCUT2D eigenvalue weighted by molar-refractivity contribution is 9.10. The zero-order valence-corrected chi connectivity index (χ0v) is 10.7. The normalized spacial score (nSPS) is 10.5. The Hall–Kier alpha value is -1.62. The highest BCUT2D eigenvalue weighted by Crippen LogP contribution is 2.17. The molecule has 0 amide bonds. The van der Waals surface area contributed by atoms with Crippen LogP contribution < -0.4 is 5.56 Å². The summed E-state index contributed by atoms with van der Waals surface area (Å²) in [5, 5.41) is 0.780. The number of fused-ring (bicyclic) bond motifs is 1. The van der Waals surface area contributed by atoms with Gasteiger partial charge in [0.05, 0.1) is 6.61 Å². The van der Waals surface area contributed by atoms with E-state index in [0.29, 0.717) is 5.52 Å². The molecule has 0 radical (unpaired) electrons. The Morgan fingerprint density at radius 2 is 2.18 bits per heavy atom. The molecule has 1 aromatic heterocycles. The van der Waals surface area contributed by atoms with E-state index in [1.807, 2.05) is 12.1 Å². The second kappa shape index (κ2) is 4.71. The van der Waals surface area contributed by atoms with E-state index in [4.69, 9.17) is 4.74 Å². The molecular weight excluding hydrogens is 286 g/mol. The lowest BCUT2D eigenvalue weighted by Gasteiger charge is -2.03. The van der Waals surface area contributed by atoms with E-state index in [2.05, 4.69) is 20.9 Å². The summed E-state index contributed by atoms with van der Waals surface area (Å²) in [6, 6.07) is 6.96. The summed E-state index contributed by atoms with van der Waals surface area (Å²) in [5.41, 5.74) is 0.280. The van der Waals surface area contributed by atoms with Gasteiger partial charge in [0.15, 0.2) is 0 Å². The molecule has 0 saturated carbocycles. The van der Waals surface area contributed by atoms with Gasteiger partial charge in [0.1, 0.15) is 5.56 Å². The minimum absolute atomic E-state index is 0.0254. The van der Waals surface area contributed by atoms with Gasteiger partial charge < -0.3 is 9.72 Å². The van der Waals surface area contributed by atoms with Gasteiger partial charge in [-0.25, -0.2) is 4.79 Å². The van der Waals surface area contributed by atoms with Crippen molar-refractivity contribution in [3.63, 3.8) is 0 Å². The average molecular weight is 296 g/mol. The molecule has 0 saturated heterocycles. The van der Waals surface area contributed by atoms with Gasteiger partial charge in [0, 0.05) is 15.4 Å². The van der Waals surface area contributed by atoms with Crippen LogP contribution in [0.15, 0.2) is 33.5 Å². The zero-order chi connectivity index (χ0) is 12.4. The van der Waals surface area contributed by atoms with Gasteiger partial charge in [0.2, 0.25) is 0 Å². The lowest BCUT2D eigenvalue weighted by atomic mass is 10.1. The molecule has 2 aromatic rings. The number of carbonyl (C=O) groups excluding carboxylic acids is 1. The number of H-pyrrole nitrogens is 1. The smallest absolute Gasteiger partial charge is 0.343 e. The van der Waals surface area contributed by atoms with Crippen molar-refractivity contribution in [2.75, 3.05) is 6.61 Å². The standard InChI is InChI=1S/C12H10BrNO3/c1-2-17-12(16)9-6-7-5-8(13)3-4-10(7)14-11(9)15/h3-6H,2H2,1H3,(H,14,15). The number of hydrogen-bond donors (Lipinski definition) is 1. The molecule has 0 unspecified atom stereocenters. The Morgan fingerprint density at radius 1 is 1.41 bits per heavy atom. The fraction of sp³-hybridized carbons (Fsp3) is 0.167. The predicted octanol–water partition coefficient (Wildman–Crippen LogP) is 2.47. The number of esters is 1. The Morgan fingerprint density at radius 3 is 2.88 bits per heavy atom. The molecule has 1 aromatic carbocycles. The second-order valence-corrected chi connectivity index (χ2v) is 4.38. The number of rotatable bonds is 2. The Labute approximate surface area is 106 Å². The maximum atomic E-state index is 11.7. The minimum Gasteiger partial charge on any atom is -0.462 e. The van der Waals surface area contributed by atoms with E-state index in [-0.39, 0.29) is 12.2 Å². The topological polar surface area (TPSA) is 59.2 Å². The number of carbonyl (C=O) groups is 1. The molecular formula is C12H10BrNO3. The van der Waals surface area contributed by atoms with Crippen LogP contribution in [0.4, 0.5) is 0 Å². The third-order valence-corrected chi connectivity index (χ3v) is 2.79. The van der Waals surface area contributed by atoms with Gasteiger partial charge in [-0.3, -0.25) is 4.79 Å². The van der Waals surface area contributed by atoms with Crippen LogP contribution in [-0.4, -0.2) is 17.6 Å². The largest absolute Gasteiger partial charge is 0.462 e. The van der Waals surface area contributed by atoms with E-state index in [1.165, 1.54) is 6.07 Å². The number of halogens is 1. The average Bonchev–Trinajstić information content (AvgIpc) is 2.29. The molecule has 1 heterocycles. The predicted molar refractivity (Wildman–Crippen MR) is 68.2 cm³/mol. The summed E-state index contributed by atoms with van der Waals surface area (Å²) in [6.07, 6.45) is 0. The third-order valence-electron chi connectivity index (χ3n) is 2.30. The maximum absolute atomic E-state index is 11.7. The highest BCUT2D eigenvalue weighted by atomic mass is 79.9. The van der Waals surface area contributed by atoms with Crippen molar-refractivity contribution >= 4 is 32.8 Å². The molecule has 0 fully saturated rings. The lowest BCUT2D eigenvalue weighted by molar-refractivity contribution is 0.0524. The fourth-order valence-corrected chi connectivity index (χ4v) is 1.92. The van der Waals surface area contributed by atoms with Crippen LogP contribution in [-0.2, 0) is 4.74 Å². The summed E-state index contributed by atoms with van der Waals surface area (Å²) in [5.74, 6) is -0.601. The number of pyridine rings is 1. The van der Waals surface area contributed by atoms with Gasteiger partial charge in [-0.1, -0.05) is 15.9 Å². The molecule has 0 bridgehead atoms. The molecule has 1 N–H and O–H groups in total. The summed E-state index contributed by atoms with van der Waals surface area (Å²) in [6.45, 7) is 1.94. The Balaban J connectivity index is 2.61. The first kappa shape index (κ1) is 11.9. The van der Waals surface area contributed by atoms with Gasteiger partial charge in [-0.05, 0) is 31.2 Å². The second-order valence-electron chi connectivity index (χ2n) is 3.46. The van der Waals surface area contributed by atoms with Crippen molar-refractivity contribution in [1.82, 2.24) is 4.98 Å². The molecule has 17 heavy (non-hydrogen) atoms. The van der Waals surface area contributed by atoms with Crippen LogP contribution in [0.1, 0.15) is 17.3 Å². The number of aromatic nitrogens is 1. The minimum atomic E-state index is -0.601. The summed E-state index contributed by atoms with van der Waals surface area (Å²) in [7, 11) is 0. The molecule has 0 aliphatic rings. The first-order chi connectivity index (χ1) is 8.11. The monoisotopic (exact) mass is 295 g/mol. The molecule has 0 aliphatic heterocycles.